The number of nitrogens with zero attached hydrogens (tertiary/aromatic N) is 1. The van der Waals surface area contributed by atoms with Crippen LogP contribution in [0.2, 0.25) is 0 Å². The standard InChI is InChI=1S/C26H37NO/c1-2-3-5-21-11-13-24(14-12-21)25-15-17-26(18-16-25)28-20-23-9-7-22(8-10-23)6-4-19-27/h4,6,11-14,22-23,25-26H,2-3,5,7-10,15-18,20H2,1H3. The molecular weight excluding hydrogens is 342 g/mol. The van der Waals surface area contributed by atoms with Gasteiger partial charge in [-0.1, -0.05) is 43.7 Å². The van der Waals surface area contributed by atoms with E-state index in [1.54, 1.807) is 6.08 Å². The monoisotopic (exact) mass is 379 g/mol. The molecule has 0 bridgehead atoms. The summed E-state index contributed by atoms with van der Waals surface area (Å²) in [6.45, 7) is 3.20. The van der Waals surface area contributed by atoms with E-state index in [1.807, 2.05) is 0 Å². The summed E-state index contributed by atoms with van der Waals surface area (Å²) < 4.78 is 6.32. The molecule has 0 atom stereocenters. The number of benzene rings is 1. The van der Waals surface area contributed by atoms with Crippen molar-refractivity contribution in [2.45, 2.75) is 89.6 Å². The molecule has 2 heteroatoms. The highest BCUT2D eigenvalue weighted by Crippen LogP contribution is 2.35. The Morgan fingerprint density at radius 3 is 2.36 bits per heavy atom. The van der Waals surface area contributed by atoms with E-state index in [0.717, 1.165) is 18.4 Å². The highest BCUT2D eigenvalue weighted by atomic mass is 16.5. The maximum atomic E-state index is 8.66. The van der Waals surface area contributed by atoms with Crippen LogP contribution in [0.15, 0.2) is 36.4 Å². The van der Waals surface area contributed by atoms with Crippen LogP contribution in [0.1, 0.15) is 88.2 Å². The number of rotatable bonds is 8. The summed E-state index contributed by atoms with van der Waals surface area (Å²) >= 11 is 0. The van der Waals surface area contributed by atoms with E-state index in [2.05, 4.69) is 43.3 Å². The lowest BCUT2D eigenvalue weighted by Gasteiger charge is -2.32. The van der Waals surface area contributed by atoms with Gasteiger partial charge in [-0.05, 0) is 93.1 Å². The molecule has 2 nitrogen and oxygen atoms in total. The number of nitriles is 1. The maximum absolute atomic E-state index is 8.66. The van der Waals surface area contributed by atoms with Gasteiger partial charge in [-0.3, -0.25) is 0 Å². The van der Waals surface area contributed by atoms with Crippen molar-refractivity contribution in [2.24, 2.45) is 11.8 Å². The Morgan fingerprint density at radius 2 is 1.71 bits per heavy atom. The van der Waals surface area contributed by atoms with Crippen LogP contribution in [0, 0.1) is 23.2 Å². The molecule has 0 N–H and O–H groups in total. The summed E-state index contributed by atoms with van der Waals surface area (Å²) in [5, 5.41) is 8.66. The van der Waals surface area contributed by atoms with Crippen LogP contribution in [0.4, 0.5) is 0 Å². The molecule has 28 heavy (non-hydrogen) atoms. The molecule has 0 aromatic heterocycles. The first-order chi connectivity index (χ1) is 13.8. The van der Waals surface area contributed by atoms with Crippen molar-refractivity contribution in [2.75, 3.05) is 6.61 Å². The number of unbranched alkanes of at least 4 members (excludes halogenated alkanes) is 1. The van der Waals surface area contributed by atoms with Crippen molar-refractivity contribution in [1.82, 2.24) is 0 Å². The van der Waals surface area contributed by atoms with E-state index in [4.69, 9.17) is 10.00 Å². The molecule has 152 valence electrons. The smallest absolute Gasteiger partial charge is 0.0908 e. The van der Waals surface area contributed by atoms with Gasteiger partial charge in [-0.25, -0.2) is 0 Å². The summed E-state index contributed by atoms with van der Waals surface area (Å²) in [6.07, 6.45) is 17.9. The van der Waals surface area contributed by atoms with Crippen LogP contribution in [0.5, 0.6) is 0 Å². The molecule has 2 aliphatic rings. The van der Waals surface area contributed by atoms with Gasteiger partial charge in [0, 0.05) is 12.7 Å². The minimum Gasteiger partial charge on any atom is -0.378 e. The SMILES string of the molecule is CCCCc1ccc(C2CCC(OCC3CCC(C=CC#N)CC3)CC2)cc1. The first-order valence-electron chi connectivity index (χ1n) is 11.5. The van der Waals surface area contributed by atoms with Gasteiger partial charge in [0.15, 0.2) is 0 Å². The normalized spacial score (nSPS) is 28.3. The fraction of sp³-hybridized carbons (Fsp3) is 0.654. The van der Waals surface area contributed by atoms with Gasteiger partial charge >= 0.3 is 0 Å². The summed E-state index contributed by atoms with van der Waals surface area (Å²) in [7, 11) is 0. The number of ether oxygens (including phenoxy) is 1. The Bertz CT molecular complexity index is 625. The zero-order chi connectivity index (χ0) is 19.6. The molecule has 0 radical (unpaired) electrons. The molecule has 1 aromatic carbocycles. The van der Waals surface area contributed by atoms with Crippen LogP contribution >= 0.6 is 0 Å². The maximum Gasteiger partial charge on any atom is 0.0908 e. The van der Waals surface area contributed by atoms with E-state index >= 15 is 0 Å². The largest absolute Gasteiger partial charge is 0.378 e. The van der Waals surface area contributed by atoms with E-state index in [1.165, 1.54) is 81.8 Å². The number of hydrogen-bond acceptors (Lipinski definition) is 2. The first kappa shape index (κ1) is 21.1. The van der Waals surface area contributed by atoms with Crippen molar-refractivity contribution >= 4 is 0 Å². The molecular formula is C26H37NO. The van der Waals surface area contributed by atoms with Crippen molar-refractivity contribution in [3.8, 4) is 6.07 Å². The minimum atomic E-state index is 0.469. The molecule has 2 aliphatic carbocycles. The van der Waals surface area contributed by atoms with Crippen LogP contribution < -0.4 is 0 Å². The van der Waals surface area contributed by atoms with Gasteiger partial charge in [-0.2, -0.15) is 5.26 Å². The van der Waals surface area contributed by atoms with E-state index in [9.17, 15) is 0 Å². The van der Waals surface area contributed by atoms with Crippen molar-refractivity contribution in [3.63, 3.8) is 0 Å². The highest BCUT2D eigenvalue weighted by Gasteiger charge is 2.25. The van der Waals surface area contributed by atoms with Crippen molar-refractivity contribution in [1.29, 1.82) is 5.26 Å². The lowest BCUT2D eigenvalue weighted by Crippen LogP contribution is -2.25. The molecule has 2 saturated carbocycles. The van der Waals surface area contributed by atoms with Crippen molar-refractivity contribution < 1.29 is 4.74 Å². The van der Waals surface area contributed by atoms with Gasteiger partial charge in [0.1, 0.15) is 0 Å². The van der Waals surface area contributed by atoms with Crippen LogP contribution in [0.25, 0.3) is 0 Å². The van der Waals surface area contributed by atoms with Crippen LogP contribution in [-0.4, -0.2) is 12.7 Å². The summed E-state index contributed by atoms with van der Waals surface area (Å²) in [6, 6.07) is 11.5. The highest BCUT2D eigenvalue weighted by molar-refractivity contribution is 5.26. The molecule has 0 saturated heterocycles. The number of hydrogen-bond donors (Lipinski definition) is 0. The second-order valence-electron chi connectivity index (χ2n) is 8.92. The molecule has 2 fully saturated rings. The van der Waals surface area contributed by atoms with Gasteiger partial charge in [0.05, 0.1) is 12.2 Å². The van der Waals surface area contributed by atoms with E-state index in [-0.39, 0.29) is 0 Å². The molecule has 0 spiro atoms. The van der Waals surface area contributed by atoms with Gasteiger partial charge < -0.3 is 4.74 Å². The summed E-state index contributed by atoms with van der Waals surface area (Å²) in [4.78, 5) is 0. The average molecular weight is 380 g/mol. The average Bonchev–Trinajstić information content (AvgIpc) is 2.76. The quantitative estimate of drug-likeness (QED) is 0.457. The summed E-state index contributed by atoms with van der Waals surface area (Å²) in [5.74, 6) is 2.06. The third kappa shape index (κ3) is 6.49. The fourth-order valence-electron chi connectivity index (χ4n) is 4.90. The predicted molar refractivity (Wildman–Crippen MR) is 116 cm³/mol. The van der Waals surface area contributed by atoms with E-state index in [0.29, 0.717) is 12.0 Å². The molecule has 0 heterocycles. The van der Waals surface area contributed by atoms with E-state index < -0.39 is 0 Å². The zero-order valence-electron chi connectivity index (χ0n) is 17.6. The van der Waals surface area contributed by atoms with Gasteiger partial charge in [0.25, 0.3) is 0 Å². The minimum absolute atomic E-state index is 0.469. The summed E-state index contributed by atoms with van der Waals surface area (Å²) in [5.41, 5.74) is 3.02. The Kier molecular flexibility index (Phi) is 8.62. The molecule has 1 aromatic rings. The number of aryl methyl sites for hydroxylation is 1. The lowest BCUT2D eigenvalue weighted by molar-refractivity contribution is -0.00337. The Labute approximate surface area is 172 Å². The van der Waals surface area contributed by atoms with Crippen molar-refractivity contribution in [3.05, 3.63) is 47.5 Å². The molecule has 0 unspecified atom stereocenters. The molecule has 3 rings (SSSR count). The number of allylic oxidation sites excluding steroid dienone is 2. The second-order valence-corrected chi connectivity index (χ2v) is 8.92. The van der Waals surface area contributed by atoms with Crippen LogP contribution in [0.3, 0.4) is 0 Å². The molecule has 0 amide bonds. The Morgan fingerprint density at radius 1 is 1.00 bits per heavy atom. The third-order valence-electron chi connectivity index (χ3n) is 6.85. The predicted octanol–water partition coefficient (Wildman–Crippen LogP) is 6.96. The Balaban J connectivity index is 1.34. The van der Waals surface area contributed by atoms with Gasteiger partial charge in [-0.15, -0.1) is 0 Å². The third-order valence-corrected chi connectivity index (χ3v) is 6.85. The van der Waals surface area contributed by atoms with Gasteiger partial charge in [0.2, 0.25) is 0 Å². The second kappa shape index (κ2) is 11.4. The lowest BCUT2D eigenvalue weighted by atomic mass is 9.81. The fourth-order valence-corrected chi connectivity index (χ4v) is 4.90. The Hall–Kier alpha value is -1.59. The zero-order valence-corrected chi connectivity index (χ0v) is 17.6. The van der Waals surface area contributed by atoms with Crippen LogP contribution in [-0.2, 0) is 11.2 Å². The molecule has 0 aliphatic heterocycles. The topological polar surface area (TPSA) is 33.0 Å². The first-order valence-corrected chi connectivity index (χ1v) is 11.5.